The van der Waals surface area contributed by atoms with Gasteiger partial charge in [0.1, 0.15) is 0 Å². The lowest BCUT2D eigenvalue weighted by Crippen LogP contribution is -1.95. The van der Waals surface area contributed by atoms with E-state index >= 15 is 0 Å². The van der Waals surface area contributed by atoms with Crippen LogP contribution in [0.5, 0.6) is 5.88 Å². The third kappa shape index (κ3) is 2.08. The Bertz CT molecular complexity index is 302. The Hall–Kier alpha value is -0.990. The smallest absolute Gasteiger partial charge is 0.212 e. The van der Waals surface area contributed by atoms with E-state index in [0.717, 1.165) is 30.5 Å². The molecule has 0 saturated heterocycles. The fourth-order valence-corrected chi connectivity index (χ4v) is 1.64. The Kier molecular flexibility index (Phi) is 3.55. The highest BCUT2D eigenvalue weighted by Gasteiger charge is 2.16. The number of aryl methyl sites for hydroxylation is 1. The van der Waals surface area contributed by atoms with Crippen LogP contribution in [0.25, 0.3) is 0 Å². The molecule has 0 aromatic carbocycles. The number of hydrogen-bond acceptors (Lipinski definition) is 2. The van der Waals surface area contributed by atoms with Crippen LogP contribution in [0.3, 0.4) is 0 Å². The normalized spacial score (nSPS) is 11.2. The average molecular weight is 196 g/mol. The summed E-state index contributed by atoms with van der Waals surface area (Å²) in [5.74, 6) is 0.719. The second kappa shape index (κ2) is 4.49. The van der Waals surface area contributed by atoms with Crippen molar-refractivity contribution < 1.29 is 5.11 Å². The quantitative estimate of drug-likeness (QED) is 0.803. The summed E-state index contributed by atoms with van der Waals surface area (Å²) in [6.45, 7) is 6.37. The molecule has 1 aromatic heterocycles. The Morgan fingerprint density at radius 1 is 1.43 bits per heavy atom. The van der Waals surface area contributed by atoms with Crippen LogP contribution < -0.4 is 0 Å². The Morgan fingerprint density at radius 2 is 2.07 bits per heavy atom. The lowest BCUT2D eigenvalue weighted by molar-refractivity contribution is 0.413. The summed E-state index contributed by atoms with van der Waals surface area (Å²) in [7, 11) is 1.79. The lowest BCUT2D eigenvalue weighted by atomic mass is 10.0. The van der Waals surface area contributed by atoms with Crippen LogP contribution >= 0.6 is 0 Å². The third-order valence-corrected chi connectivity index (χ3v) is 2.47. The van der Waals surface area contributed by atoms with Gasteiger partial charge in [0, 0.05) is 12.6 Å². The fraction of sp³-hybridized carbons (Fsp3) is 0.727. The van der Waals surface area contributed by atoms with Crippen LogP contribution in [0.15, 0.2) is 0 Å². The first-order valence-electron chi connectivity index (χ1n) is 5.32. The molecule has 1 heterocycles. The zero-order valence-electron chi connectivity index (χ0n) is 9.54. The number of rotatable bonds is 4. The van der Waals surface area contributed by atoms with Crippen LogP contribution in [-0.4, -0.2) is 14.9 Å². The van der Waals surface area contributed by atoms with Gasteiger partial charge in [0.25, 0.3) is 0 Å². The molecular formula is C11H20N2O. The van der Waals surface area contributed by atoms with Crippen molar-refractivity contribution >= 4 is 0 Å². The Morgan fingerprint density at radius 3 is 2.57 bits per heavy atom. The second-order valence-electron chi connectivity index (χ2n) is 4.07. The zero-order valence-corrected chi connectivity index (χ0v) is 9.54. The van der Waals surface area contributed by atoms with Gasteiger partial charge in [0.05, 0.1) is 5.69 Å². The van der Waals surface area contributed by atoms with E-state index in [4.69, 9.17) is 0 Å². The number of hydrogen-bond donors (Lipinski definition) is 1. The number of nitrogens with zero attached hydrogens (tertiary/aromatic N) is 2. The first kappa shape index (κ1) is 11.1. The van der Waals surface area contributed by atoms with Gasteiger partial charge in [-0.1, -0.05) is 27.2 Å². The number of aromatic hydroxyl groups is 1. The molecule has 0 aliphatic rings. The minimum atomic E-state index is 0.335. The summed E-state index contributed by atoms with van der Waals surface area (Å²) >= 11 is 0. The molecule has 1 N–H and O–H groups in total. The van der Waals surface area contributed by atoms with E-state index in [-0.39, 0.29) is 0 Å². The van der Waals surface area contributed by atoms with Gasteiger partial charge >= 0.3 is 0 Å². The maximum Gasteiger partial charge on any atom is 0.212 e. The molecule has 0 aliphatic heterocycles. The molecule has 80 valence electrons. The van der Waals surface area contributed by atoms with Gasteiger partial charge in [-0.05, 0) is 18.8 Å². The minimum absolute atomic E-state index is 0.335. The first-order valence-corrected chi connectivity index (χ1v) is 5.32. The molecule has 0 radical (unpaired) electrons. The first-order chi connectivity index (χ1) is 6.57. The Balaban J connectivity index is 2.97. The van der Waals surface area contributed by atoms with Gasteiger partial charge in [-0.2, -0.15) is 5.10 Å². The van der Waals surface area contributed by atoms with Crippen LogP contribution in [0, 0.1) is 0 Å². The van der Waals surface area contributed by atoms with Crippen molar-refractivity contribution in [2.45, 2.75) is 46.0 Å². The van der Waals surface area contributed by atoms with Crippen LogP contribution in [0.1, 0.15) is 50.8 Å². The molecule has 3 heteroatoms. The van der Waals surface area contributed by atoms with Crippen LogP contribution in [0.4, 0.5) is 0 Å². The molecule has 0 saturated carbocycles. The highest BCUT2D eigenvalue weighted by atomic mass is 16.3. The molecule has 3 nitrogen and oxygen atoms in total. The van der Waals surface area contributed by atoms with Crippen molar-refractivity contribution in [1.82, 2.24) is 9.78 Å². The lowest BCUT2D eigenvalue weighted by Gasteiger charge is -2.04. The highest BCUT2D eigenvalue weighted by Crippen LogP contribution is 2.27. The summed E-state index contributed by atoms with van der Waals surface area (Å²) in [5.41, 5.74) is 2.07. The van der Waals surface area contributed by atoms with Gasteiger partial charge in [-0.25, -0.2) is 4.68 Å². The van der Waals surface area contributed by atoms with Crippen molar-refractivity contribution in [3.05, 3.63) is 11.3 Å². The fourth-order valence-electron chi connectivity index (χ4n) is 1.64. The molecule has 0 spiro atoms. The number of aromatic nitrogens is 2. The molecule has 0 unspecified atom stereocenters. The van der Waals surface area contributed by atoms with Crippen molar-refractivity contribution in [1.29, 1.82) is 0 Å². The standard InChI is InChI=1S/C11H20N2O/c1-5-6-7-9-10(8(2)3)12-13(4)11(9)14/h8,14H,5-7H2,1-4H3. The molecule has 0 fully saturated rings. The second-order valence-corrected chi connectivity index (χ2v) is 4.07. The largest absolute Gasteiger partial charge is 0.493 e. The van der Waals surface area contributed by atoms with Gasteiger partial charge in [0.2, 0.25) is 5.88 Å². The molecular weight excluding hydrogens is 176 g/mol. The third-order valence-electron chi connectivity index (χ3n) is 2.47. The maximum absolute atomic E-state index is 9.79. The topological polar surface area (TPSA) is 38.0 Å². The van der Waals surface area contributed by atoms with E-state index in [1.165, 1.54) is 0 Å². The molecule has 0 atom stereocenters. The SMILES string of the molecule is CCCCc1c(C(C)C)nn(C)c1O. The van der Waals surface area contributed by atoms with E-state index in [2.05, 4.69) is 25.9 Å². The van der Waals surface area contributed by atoms with Crippen LogP contribution in [0.2, 0.25) is 0 Å². The van der Waals surface area contributed by atoms with Crippen molar-refractivity contribution in [3.63, 3.8) is 0 Å². The predicted molar refractivity (Wildman–Crippen MR) is 57.6 cm³/mol. The zero-order chi connectivity index (χ0) is 10.7. The minimum Gasteiger partial charge on any atom is -0.493 e. The van der Waals surface area contributed by atoms with Gasteiger partial charge in [-0.3, -0.25) is 0 Å². The average Bonchev–Trinajstić information content (AvgIpc) is 2.41. The summed E-state index contributed by atoms with van der Waals surface area (Å²) in [5, 5.41) is 14.1. The summed E-state index contributed by atoms with van der Waals surface area (Å²) in [4.78, 5) is 0. The highest BCUT2D eigenvalue weighted by molar-refractivity contribution is 5.32. The maximum atomic E-state index is 9.79. The summed E-state index contributed by atoms with van der Waals surface area (Å²) < 4.78 is 1.57. The van der Waals surface area contributed by atoms with Crippen LogP contribution in [-0.2, 0) is 13.5 Å². The molecule has 0 bridgehead atoms. The Labute approximate surface area is 85.8 Å². The van der Waals surface area contributed by atoms with Gasteiger partial charge < -0.3 is 5.11 Å². The van der Waals surface area contributed by atoms with Crippen molar-refractivity contribution in [2.24, 2.45) is 7.05 Å². The number of unbranched alkanes of at least 4 members (excludes halogenated alkanes) is 1. The van der Waals surface area contributed by atoms with E-state index in [0.29, 0.717) is 11.8 Å². The van der Waals surface area contributed by atoms with E-state index in [1.807, 2.05) is 0 Å². The summed E-state index contributed by atoms with van der Waals surface area (Å²) in [6.07, 6.45) is 3.19. The van der Waals surface area contributed by atoms with Crippen molar-refractivity contribution in [2.75, 3.05) is 0 Å². The van der Waals surface area contributed by atoms with Crippen molar-refractivity contribution in [3.8, 4) is 5.88 Å². The predicted octanol–water partition coefficient (Wildman–Crippen LogP) is 2.59. The van der Waals surface area contributed by atoms with E-state index < -0.39 is 0 Å². The van der Waals surface area contributed by atoms with E-state index in [1.54, 1.807) is 11.7 Å². The molecule has 0 aliphatic carbocycles. The molecule has 1 rings (SSSR count). The molecule has 1 aromatic rings. The molecule has 0 amide bonds. The van der Waals surface area contributed by atoms with Gasteiger partial charge in [0.15, 0.2) is 0 Å². The summed E-state index contributed by atoms with van der Waals surface area (Å²) in [6, 6.07) is 0. The van der Waals surface area contributed by atoms with Gasteiger partial charge in [-0.15, -0.1) is 0 Å². The molecule has 14 heavy (non-hydrogen) atoms. The monoisotopic (exact) mass is 196 g/mol. The van der Waals surface area contributed by atoms with E-state index in [9.17, 15) is 5.11 Å².